The molecule has 0 atom stereocenters. The van der Waals surface area contributed by atoms with Crippen molar-refractivity contribution in [1.82, 2.24) is 4.90 Å². The molecule has 0 heterocycles. The fourth-order valence-electron chi connectivity index (χ4n) is 3.86. The molecule has 0 bridgehead atoms. The number of carbonyl (C=O) groups is 2. The van der Waals surface area contributed by atoms with E-state index in [2.05, 4.69) is 28.9 Å². The van der Waals surface area contributed by atoms with Crippen LogP contribution in [-0.4, -0.2) is 51.4 Å². The Labute approximate surface area is 261 Å². The zero-order valence-electron chi connectivity index (χ0n) is 23.2. The Bertz CT molecular complexity index is 957. The first kappa shape index (κ1) is 34.6. The van der Waals surface area contributed by atoms with E-state index in [-0.39, 0.29) is 70.6 Å². The fraction of sp³-hybridized carbons (Fsp3) is 0.414. The molecule has 2 aromatic carbocycles. The molecule has 0 aromatic heterocycles. The van der Waals surface area contributed by atoms with Crippen LogP contribution in [0.2, 0.25) is 0 Å². The van der Waals surface area contributed by atoms with E-state index in [1.54, 1.807) is 7.11 Å². The first-order valence-corrected chi connectivity index (χ1v) is 11.8. The predicted molar refractivity (Wildman–Crippen MR) is 147 cm³/mol. The Morgan fingerprint density at radius 2 is 1.78 bits per heavy atom. The Morgan fingerprint density at radius 1 is 1.14 bits per heavy atom. The van der Waals surface area contributed by atoms with Gasteiger partial charge in [0.15, 0.2) is 0 Å². The van der Waals surface area contributed by atoms with E-state index in [4.69, 9.17) is 4.74 Å². The van der Waals surface area contributed by atoms with Crippen LogP contribution in [0.25, 0.3) is 0 Å². The average molecular weight is 520 g/mol. The summed E-state index contributed by atoms with van der Waals surface area (Å²) >= 11 is 0. The van der Waals surface area contributed by atoms with Crippen molar-refractivity contribution in [2.45, 2.75) is 39.5 Å². The van der Waals surface area contributed by atoms with Gasteiger partial charge in [0.05, 0.1) is 13.4 Å². The largest absolute Gasteiger partial charge is 1.00 e. The second-order valence-corrected chi connectivity index (χ2v) is 9.02. The molecular formula is C29H42KN3O3-2. The Kier molecular flexibility index (Phi) is 17.3. The molecular weight excluding hydrogens is 477 g/mol. The standard InChI is InChI=1S/C15H20NO2.C13H19N2O.CH3.K/c1-11-10-13(8-9-14(11)18-2)16-15(17)12-6-4-3-5-7-12;1-10-7-13(14-5-6-15(3)4)8-12(9-16)11(10)2;;/h3,8-10,12H,4-7H2,1-2H3,(H,16,17);7-9,14H,2,5-6H2,1,3-4H3;1H3;/q3*-1;+1. The van der Waals surface area contributed by atoms with Crippen LogP contribution in [0.3, 0.4) is 0 Å². The third-order valence-corrected chi connectivity index (χ3v) is 5.99. The summed E-state index contributed by atoms with van der Waals surface area (Å²) in [4.78, 5) is 25.0. The third-order valence-electron chi connectivity index (χ3n) is 5.99. The molecule has 1 fully saturated rings. The number of nitrogens with one attached hydrogen (secondary N) is 2. The number of hydrogen-bond donors (Lipinski definition) is 2. The number of rotatable bonds is 8. The van der Waals surface area contributed by atoms with E-state index in [1.165, 1.54) is 0 Å². The second kappa shape index (κ2) is 18.0. The number of likely N-dealkylation sites (N-methyl/N-ethyl adjacent to an activating group) is 1. The van der Waals surface area contributed by atoms with Gasteiger partial charge >= 0.3 is 51.4 Å². The van der Waals surface area contributed by atoms with E-state index in [0.29, 0.717) is 5.56 Å². The Balaban J connectivity index is 0.000000649. The number of carbonyl (C=O) groups excluding carboxylic acids is 2. The minimum absolute atomic E-state index is 0. The summed E-state index contributed by atoms with van der Waals surface area (Å²) in [5.41, 5.74) is 5.38. The van der Waals surface area contributed by atoms with Crippen molar-refractivity contribution in [3.05, 3.63) is 73.4 Å². The summed E-state index contributed by atoms with van der Waals surface area (Å²) in [7, 11) is 5.71. The van der Waals surface area contributed by atoms with Gasteiger partial charge in [0, 0.05) is 30.4 Å². The maximum atomic E-state index is 12.1. The van der Waals surface area contributed by atoms with Crippen molar-refractivity contribution in [3.63, 3.8) is 0 Å². The third kappa shape index (κ3) is 11.4. The van der Waals surface area contributed by atoms with E-state index in [1.807, 2.05) is 58.3 Å². The maximum Gasteiger partial charge on any atom is 1.00 e. The summed E-state index contributed by atoms with van der Waals surface area (Å²) in [6, 6.07) is 9.59. The molecule has 0 spiro atoms. The molecule has 0 radical (unpaired) electrons. The van der Waals surface area contributed by atoms with E-state index < -0.39 is 0 Å². The summed E-state index contributed by atoms with van der Waals surface area (Å²) in [5, 5.41) is 6.29. The number of amides is 1. The van der Waals surface area contributed by atoms with Gasteiger partial charge in [-0.1, -0.05) is 37.5 Å². The summed E-state index contributed by atoms with van der Waals surface area (Å²) in [6.07, 6.45) is 7.18. The molecule has 0 saturated heterocycles. The van der Waals surface area contributed by atoms with Gasteiger partial charge in [0.2, 0.25) is 5.91 Å². The topological polar surface area (TPSA) is 70.7 Å². The van der Waals surface area contributed by atoms with Crippen molar-refractivity contribution in [1.29, 1.82) is 0 Å². The van der Waals surface area contributed by atoms with Crippen molar-refractivity contribution >= 4 is 23.6 Å². The zero-order valence-corrected chi connectivity index (χ0v) is 26.4. The van der Waals surface area contributed by atoms with Gasteiger partial charge in [0.25, 0.3) is 0 Å². The SMILES string of the molecule is COc1ccc(NC(=O)C2CC[CH-]CC2)cc1C.[CH2-]c1c(C)cc(NCCN(C)C)cc1C=O.[CH3-].[K+]. The number of hydrogen-bond acceptors (Lipinski definition) is 5. The predicted octanol–water partition coefficient (Wildman–Crippen LogP) is 2.75. The zero-order chi connectivity index (χ0) is 25.1. The van der Waals surface area contributed by atoms with E-state index in [0.717, 1.165) is 78.9 Å². The van der Waals surface area contributed by atoms with Gasteiger partial charge in [0.1, 0.15) is 5.75 Å². The number of methoxy groups -OCH3 is 1. The quantitative estimate of drug-likeness (QED) is 0.319. The van der Waals surface area contributed by atoms with E-state index in [9.17, 15) is 9.59 Å². The fourth-order valence-corrected chi connectivity index (χ4v) is 3.86. The first-order valence-electron chi connectivity index (χ1n) is 11.8. The number of benzene rings is 2. The summed E-state index contributed by atoms with van der Waals surface area (Å²) < 4.78 is 5.20. The van der Waals surface area contributed by atoms with Crippen LogP contribution in [-0.2, 0) is 4.79 Å². The second-order valence-electron chi connectivity index (χ2n) is 9.02. The minimum atomic E-state index is 0. The number of ether oxygens (including phenoxy) is 1. The molecule has 0 unspecified atom stereocenters. The van der Waals surface area contributed by atoms with Crippen LogP contribution in [0.15, 0.2) is 30.3 Å². The number of anilines is 2. The molecule has 3 rings (SSSR count). The molecule has 36 heavy (non-hydrogen) atoms. The number of aldehydes is 1. The molecule has 1 aliphatic carbocycles. The van der Waals surface area contributed by atoms with Crippen molar-refractivity contribution in [2.75, 3.05) is 44.9 Å². The maximum absolute atomic E-state index is 12.1. The molecule has 6 nitrogen and oxygen atoms in total. The first-order chi connectivity index (χ1) is 16.2. The number of aryl methyl sites for hydroxylation is 2. The number of nitrogens with zero attached hydrogens (tertiary/aromatic N) is 1. The van der Waals surface area contributed by atoms with Crippen LogP contribution in [0, 0.1) is 40.5 Å². The van der Waals surface area contributed by atoms with Crippen LogP contribution >= 0.6 is 0 Å². The Morgan fingerprint density at radius 3 is 2.33 bits per heavy atom. The van der Waals surface area contributed by atoms with Gasteiger partial charge in [-0.05, 0) is 44.8 Å². The van der Waals surface area contributed by atoms with Gasteiger partial charge < -0.3 is 38.9 Å². The van der Waals surface area contributed by atoms with Crippen molar-refractivity contribution in [2.24, 2.45) is 5.92 Å². The molecule has 2 aromatic rings. The van der Waals surface area contributed by atoms with E-state index >= 15 is 0 Å². The van der Waals surface area contributed by atoms with Gasteiger partial charge in [-0.2, -0.15) is 25.3 Å². The monoisotopic (exact) mass is 519 g/mol. The van der Waals surface area contributed by atoms with Crippen LogP contribution in [0.5, 0.6) is 5.75 Å². The normalized spacial score (nSPS) is 12.8. The van der Waals surface area contributed by atoms with Crippen LogP contribution in [0.1, 0.15) is 52.7 Å². The van der Waals surface area contributed by atoms with Crippen LogP contribution in [0.4, 0.5) is 11.4 Å². The molecule has 1 amide bonds. The van der Waals surface area contributed by atoms with Gasteiger partial charge in [-0.15, -0.1) is 5.56 Å². The summed E-state index contributed by atoms with van der Waals surface area (Å²) in [6.45, 7) is 9.64. The molecule has 1 aliphatic rings. The van der Waals surface area contributed by atoms with Crippen LogP contribution < -0.4 is 66.8 Å². The minimum Gasteiger partial charge on any atom is -0.496 e. The van der Waals surface area contributed by atoms with Gasteiger partial charge in [-0.25, -0.2) is 0 Å². The molecule has 0 aliphatic heterocycles. The molecule has 1 saturated carbocycles. The molecule has 7 heteroatoms. The average Bonchev–Trinajstić information content (AvgIpc) is 2.82. The smallest absolute Gasteiger partial charge is 0.496 e. The molecule has 194 valence electrons. The van der Waals surface area contributed by atoms with Crippen molar-refractivity contribution < 1.29 is 65.7 Å². The summed E-state index contributed by atoms with van der Waals surface area (Å²) in [5.74, 6) is 1.16. The molecule has 2 N–H and O–H groups in total. The van der Waals surface area contributed by atoms with Gasteiger partial charge in [-0.3, -0.25) is 4.79 Å². The van der Waals surface area contributed by atoms with Crippen molar-refractivity contribution in [3.8, 4) is 5.75 Å². The Hall–Kier alpha value is -1.35.